The summed E-state index contributed by atoms with van der Waals surface area (Å²) in [5, 5.41) is 3.53. The quantitative estimate of drug-likeness (QED) is 0.725. The van der Waals surface area contributed by atoms with Gasteiger partial charge in [-0.3, -0.25) is 4.90 Å². The predicted molar refractivity (Wildman–Crippen MR) is 64.5 cm³/mol. The average Bonchev–Trinajstić information content (AvgIpc) is 2.75. The summed E-state index contributed by atoms with van der Waals surface area (Å²) in [4.78, 5) is 2.76. The smallest absolute Gasteiger partial charge is 0.0731 e. The van der Waals surface area contributed by atoms with Gasteiger partial charge in [-0.15, -0.1) is 0 Å². The van der Waals surface area contributed by atoms with Crippen LogP contribution >= 0.6 is 0 Å². The lowest BCUT2D eigenvalue weighted by Gasteiger charge is -2.47. The van der Waals surface area contributed by atoms with Crippen molar-refractivity contribution in [2.24, 2.45) is 5.92 Å². The first kappa shape index (κ1) is 11.0. The van der Waals surface area contributed by atoms with E-state index in [9.17, 15) is 0 Å². The highest BCUT2D eigenvalue weighted by molar-refractivity contribution is 4.95. The molecule has 3 aliphatic rings. The van der Waals surface area contributed by atoms with Gasteiger partial charge in [0.15, 0.2) is 0 Å². The maximum Gasteiger partial charge on any atom is 0.0731 e. The van der Waals surface area contributed by atoms with E-state index in [2.05, 4.69) is 17.1 Å². The Kier molecular flexibility index (Phi) is 3.18. The summed E-state index contributed by atoms with van der Waals surface area (Å²) < 4.78 is 5.94. The molecule has 2 aliphatic heterocycles. The van der Waals surface area contributed by atoms with Gasteiger partial charge in [-0.25, -0.2) is 0 Å². The van der Waals surface area contributed by atoms with Gasteiger partial charge in [0.25, 0.3) is 0 Å². The van der Waals surface area contributed by atoms with Crippen molar-refractivity contribution in [3.05, 3.63) is 0 Å². The molecule has 4 atom stereocenters. The van der Waals surface area contributed by atoms with Crippen molar-refractivity contribution in [1.82, 2.24) is 10.2 Å². The molecule has 1 aliphatic carbocycles. The van der Waals surface area contributed by atoms with Crippen LogP contribution < -0.4 is 5.32 Å². The summed E-state index contributed by atoms with van der Waals surface area (Å²) in [7, 11) is 0. The van der Waals surface area contributed by atoms with Crippen LogP contribution in [0.2, 0.25) is 0 Å². The zero-order chi connectivity index (χ0) is 11.0. The van der Waals surface area contributed by atoms with Crippen LogP contribution in [0.3, 0.4) is 0 Å². The Labute approximate surface area is 98.5 Å². The third-order valence-corrected chi connectivity index (χ3v) is 4.68. The van der Waals surface area contributed by atoms with Crippen molar-refractivity contribution in [1.29, 1.82) is 0 Å². The van der Waals surface area contributed by atoms with E-state index in [-0.39, 0.29) is 0 Å². The second kappa shape index (κ2) is 4.63. The molecule has 4 unspecified atom stereocenters. The van der Waals surface area contributed by atoms with E-state index in [1.807, 2.05) is 0 Å². The highest BCUT2D eigenvalue weighted by Crippen LogP contribution is 2.31. The summed E-state index contributed by atoms with van der Waals surface area (Å²) in [5.74, 6) is 0.806. The largest absolute Gasteiger partial charge is 0.375 e. The maximum absolute atomic E-state index is 5.94. The van der Waals surface area contributed by atoms with E-state index < -0.39 is 0 Å². The van der Waals surface area contributed by atoms with Crippen molar-refractivity contribution in [3.63, 3.8) is 0 Å². The molecule has 3 nitrogen and oxygen atoms in total. The first-order chi connectivity index (χ1) is 7.86. The standard InChI is InChI=1S/C13H24N2O/c1-10-8-14-9-12(10)15-6-7-16-13-5-3-2-4-11(13)15/h10-14H,2-9H2,1H3. The normalized spacial score (nSPS) is 45.6. The molecule has 0 bridgehead atoms. The lowest BCUT2D eigenvalue weighted by Crippen LogP contribution is -2.57. The Balaban J connectivity index is 1.72. The summed E-state index contributed by atoms with van der Waals surface area (Å²) in [5.41, 5.74) is 0. The molecular formula is C13H24N2O. The van der Waals surface area contributed by atoms with Gasteiger partial charge in [-0.2, -0.15) is 0 Å². The molecule has 0 aromatic carbocycles. The third-order valence-electron chi connectivity index (χ3n) is 4.68. The number of nitrogens with zero attached hydrogens (tertiary/aromatic N) is 1. The number of morpholine rings is 1. The SMILES string of the molecule is CC1CNCC1N1CCOC2CCCCC21. The first-order valence-electron chi connectivity index (χ1n) is 6.94. The Morgan fingerprint density at radius 3 is 2.81 bits per heavy atom. The Morgan fingerprint density at radius 2 is 2.00 bits per heavy atom. The Bertz CT molecular complexity index is 244. The zero-order valence-electron chi connectivity index (χ0n) is 10.3. The van der Waals surface area contributed by atoms with Crippen LogP contribution in [0.25, 0.3) is 0 Å². The highest BCUT2D eigenvalue weighted by Gasteiger charge is 2.40. The van der Waals surface area contributed by atoms with Crippen molar-refractivity contribution >= 4 is 0 Å². The molecule has 0 radical (unpaired) electrons. The molecule has 1 N–H and O–H groups in total. The fourth-order valence-corrected chi connectivity index (χ4v) is 3.78. The third kappa shape index (κ3) is 1.89. The molecule has 1 saturated carbocycles. The average molecular weight is 224 g/mol. The Hall–Kier alpha value is -0.120. The van der Waals surface area contributed by atoms with Gasteiger partial charge in [0.05, 0.1) is 12.7 Å². The van der Waals surface area contributed by atoms with Crippen LogP contribution in [0.4, 0.5) is 0 Å². The van der Waals surface area contributed by atoms with Crippen LogP contribution in [-0.4, -0.2) is 49.3 Å². The van der Waals surface area contributed by atoms with E-state index in [0.717, 1.165) is 31.2 Å². The monoisotopic (exact) mass is 224 g/mol. The molecule has 16 heavy (non-hydrogen) atoms. The first-order valence-corrected chi connectivity index (χ1v) is 6.94. The lowest BCUT2D eigenvalue weighted by molar-refractivity contribution is -0.104. The van der Waals surface area contributed by atoms with Crippen LogP contribution in [-0.2, 0) is 4.74 Å². The Morgan fingerprint density at radius 1 is 1.12 bits per heavy atom. The second-order valence-corrected chi connectivity index (χ2v) is 5.70. The molecule has 0 spiro atoms. The predicted octanol–water partition coefficient (Wildman–Crippen LogP) is 1.24. The van der Waals surface area contributed by atoms with Gasteiger partial charge in [0, 0.05) is 25.2 Å². The summed E-state index contributed by atoms with van der Waals surface area (Å²) in [6, 6.07) is 1.48. The van der Waals surface area contributed by atoms with E-state index in [0.29, 0.717) is 6.10 Å². The summed E-state index contributed by atoms with van der Waals surface area (Å²) in [6.45, 7) is 6.87. The fourth-order valence-electron chi connectivity index (χ4n) is 3.78. The number of hydrogen-bond acceptors (Lipinski definition) is 3. The minimum Gasteiger partial charge on any atom is -0.375 e. The van der Waals surface area contributed by atoms with Gasteiger partial charge in [0.1, 0.15) is 0 Å². The van der Waals surface area contributed by atoms with Crippen LogP contribution in [0.15, 0.2) is 0 Å². The number of ether oxygens (including phenoxy) is 1. The summed E-state index contributed by atoms with van der Waals surface area (Å²) in [6.07, 6.45) is 5.95. The van der Waals surface area contributed by atoms with Gasteiger partial charge >= 0.3 is 0 Å². The summed E-state index contributed by atoms with van der Waals surface area (Å²) >= 11 is 0. The van der Waals surface area contributed by atoms with Gasteiger partial charge < -0.3 is 10.1 Å². The van der Waals surface area contributed by atoms with Crippen molar-refractivity contribution in [2.75, 3.05) is 26.2 Å². The minimum absolute atomic E-state index is 0.537. The number of rotatable bonds is 1. The van der Waals surface area contributed by atoms with Crippen LogP contribution in [0.1, 0.15) is 32.6 Å². The van der Waals surface area contributed by atoms with Gasteiger partial charge in [0.2, 0.25) is 0 Å². The molecule has 3 rings (SSSR count). The van der Waals surface area contributed by atoms with Gasteiger partial charge in [-0.1, -0.05) is 19.8 Å². The minimum atomic E-state index is 0.537. The molecule has 2 saturated heterocycles. The van der Waals surface area contributed by atoms with Gasteiger partial charge in [-0.05, 0) is 25.3 Å². The molecule has 92 valence electrons. The molecule has 3 heteroatoms. The molecule has 3 fully saturated rings. The highest BCUT2D eigenvalue weighted by atomic mass is 16.5. The molecule has 0 aromatic heterocycles. The molecule has 0 aromatic rings. The molecule has 2 heterocycles. The van der Waals surface area contributed by atoms with E-state index >= 15 is 0 Å². The van der Waals surface area contributed by atoms with Crippen LogP contribution in [0, 0.1) is 5.92 Å². The topological polar surface area (TPSA) is 24.5 Å². The van der Waals surface area contributed by atoms with E-state index in [1.54, 1.807) is 0 Å². The lowest BCUT2D eigenvalue weighted by atomic mass is 9.88. The second-order valence-electron chi connectivity index (χ2n) is 5.70. The number of fused-ring (bicyclic) bond motifs is 1. The van der Waals surface area contributed by atoms with E-state index in [1.165, 1.54) is 38.8 Å². The van der Waals surface area contributed by atoms with Crippen molar-refractivity contribution < 1.29 is 4.74 Å². The number of hydrogen-bond donors (Lipinski definition) is 1. The zero-order valence-corrected chi connectivity index (χ0v) is 10.3. The molecule has 0 amide bonds. The fraction of sp³-hybridized carbons (Fsp3) is 1.00. The number of nitrogens with one attached hydrogen (secondary N) is 1. The van der Waals surface area contributed by atoms with Crippen molar-refractivity contribution in [2.45, 2.75) is 50.8 Å². The molecular weight excluding hydrogens is 200 g/mol. The van der Waals surface area contributed by atoms with E-state index in [4.69, 9.17) is 4.74 Å². The van der Waals surface area contributed by atoms with Crippen LogP contribution in [0.5, 0.6) is 0 Å². The maximum atomic E-state index is 5.94. The van der Waals surface area contributed by atoms with Crippen molar-refractivity contribution in [3.8, 4) is 0 Å².